The molecule has 8 nitrogen and oxygen atoms in total. The lowest BCUT2D eigenvalue weighted by atomic mass is 10.0. The van der Waals surface area contributed by atoms with Crippen molar-refractivity contribution in [3.8, 4) is 0 Å². The van der Waals surface area contributed by atoms with Gasteiger partial charge in [0.1, 0.15) is 5.60 Å². The molecule has 32 heavy (non-hydrogen) atoms. The first-order chi connectivity index (χ1) is 14.9. The highest BCUT2D eigenvalue weighted by atomic mass is 19.4. The van der Waals surface area contributed by atoms with E-state index in [4.69, 9.17) is 4.74 Å². The number of aromatic nitrogens is 2. The Bertz CT molecular complexity index is 857. The fourth-order valence-electron chi connectivity index (χ4n) is 4.72. The molecule has 3 saturated heterocycles. The van der Waals surface area contributed by atoms with Crippen LogP contribution in [0.4, 0.5) is 23.9 Å². The molecule has 11 heteroatoms. The predicted molar refractivity (Wildman–Crippen MR) is 109 cm³/mol. The maximum atomic E-state index is 13.3. The molecule has 3 unspecified atom stereocenters. The van der Waals surface area contributed by atoms with E-state index < -0.39 is 23.4 Å². The first-order valence-corrected chi connectivity index (χ1v) is 10.9. The number of alkyl halides is 3. The molecule has 3 fully saturated rings. The van der Waals surface area contributed by atoms with Crippen molar-refractivity contribution in [2.24, 2.45) is 5.92 Å². The van der Waals surface area contributed by atoms with E-state index in [2.05, 4.69) is 9.97 Å². The minimum atomic E-state index is -4.48. The molecule has 1 aromatic heterocycles. The van der Waals surface area contributed by atoms with Crippen molar-refractivity contribution >= 4 is 17.9 Å². The highest BCUT2D eigenvalue weighted by Gasteiger charge is 2.46. The molecular weight excluding hydrogens is 427 g/mol. The zero-order chi connectivity index (χ0) is 23.3. The van der Waals surface area contributed by atoms with Crippen LogP contribution in [0.15, 0.2) is 12.4 Å². The second-order valence-corrected chi connectivity index (χ2v) is 9.72. The van der Waals surface area contributed by atoms with E-state index in [0.29, 0.717) is 32.6 Å². The molecule has 4 rings (SSSR count). The van der Waals surface area contributed by atoms with E-state index in [0.717, 1.165) is 25.2 Å². The number of hydrogen-bond acceptors (Lipinski definition) is 6. The fraction of sp³-hybridized carbons (Fsp3) is 0.714. The van der Waals surface area contributed by atoms with Crippen LogP contribution < -0.4 is 4.90 Å². The largest absolute Gasteiger partial charge is 0.444 e. The maximum Gasteiger partial charge on any atom is 0.419 e. The zero-order valence-electron chi connectivity index (χ0n) is 18.4. The Kier molecular flexibility index (Phi) is 5.70. The summed E-state index contributed by atoms with van der Waals surface area (Å²) in [5.74, 6) is 0.0231. The van der Waals surface area contributed by atoms with Crippen LogP contribution in [0.1, 0.15) is 45.6 Å². The number of carbonyl (C=O) groups is 2. The molecule has 0 N–H and O–H groups in total. The monoisotopic (exact) mass is 455 g/mol. The molecule has 0 aromatic carbocycles. The number of fused-ring (bicyclic) bond motifs is 2. The van der Waals surface area contributed by atoms with E-state index >= 15 is 0 Å². The number of anilines is 1. The van der Waals surface area contributed by atoms with E-state index in [-0.39, 0.29) is 29.9 Å². The average Bonchev–Trinajstić information content (AvgIpc) is 3.29. The first-order valence-electron chi connectivity index (χ1n) is 10.9. The van der Waals surface area contributed by atoms with Gasteiger partial charge in [0.15, 0.2) is 0 Å². The van der Waals surface area contributed by atoms with Gasteiger partial charge in [-0.2, -0.15) is 13.2 Å². The van der Waals surface area contributed by atoms with Gasteiger partial charge in [-0.15, -0.1) is 0 Å². The van der Waals surface area contributed by atoms with E-state index in [1.165, 1.54) is 0 Å². The third-order valence-corrected chi connectivity index (χ3v) is 6.17. The van der Waals surface area contributed by atoms with Crippen LogP contribution >= 0.6 is 0 Å². The number of halogens is 3. The molecule has 0 saturated carbocycles. The molecule has 3 aliphatic heterocycles. The Hall–Kier alpha value is -2.59. The van der Waals surface area contributed by atoms with Crippen LogP contribution in [0.3, 0.4) is 0 Å². The minimum Gasteiger partial charge on any atom is -0.444 e. The smallest absolute Gasteiger partial charge is 0.419 e. The van der Waals surface area contributed by atoms with Crippen molar-refractivity contribution in [1.29, 1.82) is 0 Å². The third kappa shape index (κ3) is 4.61. The van der Waals surface area contributed by atoms with Crippen molar-refractivity contribution in [1.82, 2.24) is 19.8 Å². The summed E-state index contributed by atoms with van der Waals surface area (Å²) in [6.45, 7) is 7.21. The Morgan fingerprint density at radius 3 is 2.12 bits per heavy atom. The molecule has 2 amide bonds. The van der Waals surface area contributed by atoms with Gasteiger partial charge in [-0.05, 0) is 40.0 Å². The summed E-state index contributed by atoms with van der Waals surface area (Å²) in [6, 6.07) is -0.0783. The number of nitrogens with zero attached hydrogens (tertiary/aromatic N) is 5. The summed E-state index contributed by atoms with van der Waals surface area (Å²) in [7, 11) is 0. The van der Waals surface area contributed by atoms with Gasteiger partial charge < -0.3 is 19.4 Å². The van der Waals surface area contributed by atoms with Gasteiger partial charge in [0.05, 0.1) is 11.5 Å². The Morgan fingerprint density at radius 1 is 1.00 bits per heavy atom. The van der Waals surface area contributed by atoms with Crippen LogP contribution in [0.5, 0.6) is 0 Å². The van der Waals surface area contributed by atoms with Crippen molar-refractivity contribution < 1.29 is 27.5 Å². The lowest BCUT2D eigenvalue weighted by molar-refractivity contribution is -0.139. The summed E-state index contributed by atoms with van der Waals surface area (Å²) < 4.78 is 43.7. The minimum absolute atomic E-state index is 0.0385. The average molecular weight is 455 g/mol. The summed E-state index contributed by atoms with van der Waals surface area (Å²) >= 11 is 0. The summed E-state index contributed by atoms with van der Waals surface area (Å²) in [5.41, 5.74) is -1.47. The Balaban J connectivity index is 1.38. The van der Waals surface area contributed by atoms with Gasteiger partial charge in [0, 0.05) is 50.7 Å². The maximum absolute atomic E-state index is 13.3. The highest BCUT2D eigenvalue weighted by Crippen LogP contribution is 2.35. The Labute approximate surface area is 184 Å². The van der Waals surface area contributed by atoms with Gasteiger partial charge in [-0.25, -0.2) is 14.8 Å². The lowest BCUT2D eigenvalue weighted by Crippen LogP contribution is -2.57. The molecule has 0 aliphatic carbocycles. The number of amides is 2. The van der Waals surface area contributed by atoms with Gasteiger partial charge >= 0.3 is 12.3 Å². The number of likely N-dealkylation sites (tertiary alicyclic amines) is 1. The number of carbonyl (C=O) groups excluding carboxylic acids is 2. The van der Waals surface area contributed by atoms with Crippen LogP contribution in [-0.4, -0.2) is 75.6 Å². The van der Waals surface area contributed by atoms with Crippen LogP contribution in [0.2, 0.25) is 0 Å². The third-order valence-electron chi connectivity index (χ3n) is 6.17. The SMILES string of the molecule is CC(C)(C)OC(=O)N1CCC(C(=O)N2C3CCC2CN(c2ncc(C(F)(F)F)cn2)C3)C1. The summed E-state index contributed by atoms with van der Waals surface area (Å²) in [4.78, 5) is 38.8. The summed E-state index contributed by atoms with van der Waals surface area (Å²) in [5, 5.41) is 0. The molecule has 4 heterocycles. The molecule has 1 aromatic rings. The van der Waals surface area contributed by atoms with Gasteiger partial charge in [0.2, 0.25) is 11.9 Å². The molecule has 2 bridgehead atoms. The van der Waals surface area contributed by atoms with E-state index in [9.17, 15) is 22.8 Å². The van der Waals surface area contributed by atoms with Crippen molar-refractivity contribution in [3.63, 3.8) is 0 Å². The fourth-order valence-corrected chi connectivity index (χ4v) is 4.72. The van der Waals surface area contributed by atoms with E-state index in [1.807, 2.05) is 9.80 Å². The molecule has 3 aliphatic rings. The number of rotatable bonds is 2. The first kappa shape index (κ1) is 22.6. The molecule has 176 valence electrons. The Morgan fingerprint density at radius 2 is 1.59 bits per heavy atom. The predicted octanol–water partition coefficient (Wildman–Crippen LogP) is 2.93. The van der Waals surface area contributed by atoms with Crippen LogP contribution in [0.25, 0.3) is 0 Å². The number of ether oxygens (including phenoxy) is 1. The molecule has 3 atom stereocenters. The van der Waals surface area contributed by atoms with Crippen LogP contribution in [-0.2, 0) is 15.7 Å². The second kappa shape index (κ2) is 8.08. The lowest BCUT2D eigenvalue weighted by Gasteiger charge is -2.42. The highest BCUT2D eigenvalue weighted by molar-refractivity contribution is 5.82. The van der Waals surface area contributed by atoms with Gasteiger partial charge in [-0.3, -0.25) is 4.79 Å². The molecule has 0 radical (unpaired) electrons. The standard InChI is InChI=1S/C21H28F3N5O3/c1-20(2,3)32-19(31)27-7-6-13(10-27)17(30)29-15-4-5-16(29)12-28(11-15)18-25-8-14(9-26-18)21(22,23)24/h8-9,13,15-16H,4-7,10-12H2,1-3H3. The van der Waals surface area contributed by atoms with Crippen molar-refractivity contribution in [3.05, 3.63) is 18.0 Å². The number of hydrogen-bond donors (Lipinski definition) is 0. The summed E-state index contributed by atoms with van der Waals surface area (Å²) in [6.07, 6.45) is -1.03. The van der Waals surface area contributed by atoms with Crippen molar-refractivity contribution in [2.45, 2.75) is 63.9 Å². The normalized spacial score (nSPS) is 25.9. The zero-order valence-corrected chi connectivity index (χ0v) is 18.4. The second-order valence-electron chi connectivity index (χ2n) is 9.72. The van der Waals surface area contributed by atoms with E-state index in [1.54, 1.807) is 25.7 Å². The van der Waals surface area contributed by atoms with Gasteiger partial charge in [0.25, 0.3) is 0 Å². The van der Waals surface area contributed by atoms with Crippen molar-refractivity contribution in [2.75, 3.05) is 31.1 Å². The van der Waals surface area contributed by atoms with Crippen LogP contribution in [0, 0.1) is 5.92 Å². The molecular formula is C21H28F3N5O3. The number of piperazine rings is 1. The van der Waals surface area contributed by atoms with Gasteiger partial charge in [-0.1, -0.05) is 0 Å². The quantitative estimate of drug-likeness (QED) is 0.683. The topological polar surface area (TPSA) is 78.9 Å². The molecule has 0 spiro atoms.